The van der Waals surface area contributed by atoms with Crippen LogP contribution in [0.3, 0.4) is 0 Å². The van der Waals surface area contributed by atoms with Crippen LogP contribution in [0.25, 0.3) is 10.9 Å². The third kappa shape index (κ3) is 3.83. The number of aryl methyl sites for hydroxylation is 1. The van der Waals surface area contributed by atoms with E-state index in [2.05, 4.69) is 15.3 Å². The van der Waals surface area contributed by atoms with Gasteiger partial charge in [-0.1, -0.05) is 18.2 Å². The van der Waals surface area contributed by atoms with Crippen LogP contribution < -0.4 is 14.8 Å². The molecule has 1 aliphatic heterocycles. The van der Waals surface area contributed by atoms with Crippen LogP contribution in [0, 0.1) is 12.3 Å². The summed E-state index contributed by atoms with van der Waals surface area (Å²) in [5.74, 6) is -0.773. The van der Waals surface area contributed by atoms with Crippen molar-refractivity contribution < 1.29 is 23.4 Å². The molecule has 32 heavy (non-hydrogen) atoms. The zero-order valence-corrected chi connectivity index (χ0v) is 18.0. The van der Waals surface area contributed by atoms with Crippen LogP contribution in [-0.4, -0.2) is 34.9 Å². The van der Waals surface area contributed by atoms with E-state index in [1.54, 1.807) is 19.1 Å². The molecular weight excluding hydrogens is 416 g/mol. The predicted molar refractivity (Wildman–Crippen MR) is 116 cm³/mol. The van der Waals surface area contributed by atoms with E-state index in [9.17, 15) is 8.78 Å². The molecule has 2 aromatic carbocycles. The molecule has 5 rings (SSSR count). The minimum atomic E-state index is -3.29. The average molecular weight is 441 g/mol. The van der Waals surface area contributed by atoms with Crippen LogP contribution in [0.5, 0.6) is 11.5 Å². The SMILES string of the molecule is Cc1nc(NC(C)c2cccc(C(F)(F)CO)c2)c2cc3c(cc2n1)OCC1(CC1)CO3. The summed E-state index contributed by atoms with van der Waals surface area (Å²) in [6, 6.07) is 9.50. The topological polar surface area (TPSA) is 76.5 Å². The number of hydrogen-bond donors (Lipinski definition) is 2. The number of rotatable bonds is 5. The van der Waals surface area contributed by atoms with Gasteiger partial charge in [-0.15, -0.1) is 0 Å². The molecule has 1 aromatic heterocycles. The van der Waals surface area contributed by atoms with E-state index in [-0.39, 0.29) is 17.0 Å². The standard InChI is InChI=1S/C24H25F2N3O3/c1-14(16-4-3-5-17(8-16)24(25,26)11-30)27-22-18-9-20-21(10-19(18)28-15(2)29-22)32-13-23(6-7-23)12-31-20/h3-5,8-10,14,30H,6-7,11-13H2,1-2H3,(H,27,28,29). The summed E-state index contributed by atoms with van der Waals surface area (Å²) >= 11 is 0. The normalized spacial score (nSPS) is 17.8. The highest BCUT2D eigenvalue weighted by Gasteiger charge is 2.46. The monoisotopic (exact) mass is 441 g/mol. The Morgan fingerprint density at radius 3 is 2.53 bits per heavy atom. The molecule has 0 saturated heterocycles. The van der Waals surface area contributed by atoms with E-state index in [1.807, 2.05) is 19.1 Å². The number of halogens is 2. The molecule has 2 aliphatic rings. The summed E-state index contributed by atoms with van der Waals surface area (Å²) in [4.78, 5) is 9.11. The molecule has 2 N–H and O–H groups in total. The maximum absolute atomic E-state index is 14.0. The minimum absolute atomic E-state index is 0.129. The number of alkyl halides is 2. The molecule has 2 heterocycles. The Morgan fingerprint density at radius 2 is 1.84 bits per heavy atom. The number of aliphatic hydroxyl groups is 1. The van der Waals surface area contributed by atoms with Crippen molar-refractivity contribution in [3.05, 3.63) is 53.3 Å². The molecule has 1 saturated carbocycles. The number of ether oxygens (including phenoxy) is 2. The molecular formula is C24H25F2N3O3. The first-order valence-corrected chi connectivity index (χ1v) is 10.7. The molecule has 0 amide bonds. The Labute approximate surface area is 184 Å². The number of nitrogens with zero attached hydrogens (tertiary/aromatic N) is 2. The highest BCUT2D eigenvalue weighted by Crippen LogP contribution is 2.49. The lowest BCUT2D eigenvalue weighted by Gasteiger charge is -2.20. The Kier molecular flexibility index (Phi) is 4.93. The second kappa shape index (κ2) is 7.55. The molecule has 6 nitrogen and oxygen atoms in total. The number of aliphatic hydroxyl groups excluding tert-OH is 1. The van der Waals surface area contributed by atoms with E-state index >= 15 is 0 Å². The molecule has 0 radical (unpaired) electrons. The largest absolute Gasteiger partial charge is 0.489 e. The average Bonchev–Trinajstić information content (AvgIpc) is 3.58. The molecule has 1 spiro atoms. The van der Waals surface area contributed by atoms with Crippen LogP contribution in [0.2, 0.25) is 0 Å². The van der Waals surface area contributed by atoms with Crippen molar-refractivity contribution in [2.45, 2.75) is 38.7 Å². The minimum Gasteiger partial charge on any atom is -0.489 e. The van der Waals surface area contributed by atoms with Gasteiger partial charge in [0.25, 0.3) is 5.92 Å². The zero-order chi connectivity index (χ0) is 22.5. The summed E-state index contributed by atoms with van der Waals surface area (Å²) in [5, 5.41) is 13.1. The van der Waals surface area contributed by atoms with E-state index < -0.39 is 12.5 Å². The van der Waals surface area contributed by atoms with Gasteiger partial charge in [-0.25, -0.2) is 9.97 Å². The Hall–Kier alpha value is -3.00. The number of nitrogens with one attached hydrogen (secondary N) is 1. The molecule has 168 valence electrons. The second-order valence-electron chi connectivity index (χ2n) is 8.87. The smallest absolute Gasteiger partial charge is 0.295 e. The maximum atomic E-state index is 14.0. The number of aromatic nitrogens is 2. The highest BCUT2D eigenvalue weighted by atomic mass is 19.3. The zero-order valence-electron chi connectivity index (χ0n) is 18.0. The van der Waals surface area contributed by atoms with Crippen molar-refractivity contribution >= 4 is 16.7 Å². The quantitative estimate of drug-likeness (QED) is 0.595. The van der Waals surface area contributed by atoms with Crippen molar-refractivity contribution in [2.75, 3.05) is 25.1 Å². The number of benzene rings is 2. The van der Waals surface area contributed by atoms with Gasteiger partial charge >= 0.3 is 0 Å². The number of fused-ring (bicyclic) bond motifs is 2. The van der Waals surface area contributed by atoms with Gasteiger partial charge in [0.15, 0.2) is 11.5 Å². The van der Waals surface area contributed by atoms with Gasteiger partial charge in [-0.05, 0) is 44.4 Å². The first-order chi connectivity index (χ1) is 15.3. The van der Waals surface area contributed by atoms with E-state index in [1.165, 1.54) is 12.1 Å². The highest BCUT2D eigenvalue weighted by molar-refractivity contribution is 5.92. The van der Waals surface area contributed by atoms with Gasteiger partial charge in [0, 0.05) is 28.5 Å². The molecule has 1 unspecified atom stereocenters. The summed E-state index contributed by atoms with van der Waals surface area (Å²) in [6.45, 7) is 3.72. The van der Waals surface area contributed by atoms with Crippen molar-refractivity contribution in [1.29, 1.82) is 0 Å². The lowest BCUT2D eigenvalue weighted by Crippen LogP contribution is -2.19. The van der Waals surface area contributed by atoms with Gasteiger partial charge in [0.05, 0.1) is 18.7 Å². The van der Waals surface area contributed by atoms with Crippen molar-refractivity contribution in [3.8, 4) is 11.5 Å². The molecule has 0 bridgehead atoms. The van der Waals surface area contributed by atoms with Crippen LogP contribution in [0.15, 0.2) is 36.4 Å². The van der Waals surface area contributed by atoms with Crippen molar-refractivity contribution in [1.82, 2.24) is 9.97 Å². The fourth-order valence-corrected chi connectivity index (χ4v) is 3.97. The lowest BCUT2D eigenvalue weighted by atomic mass is 10.0. The second-order valence-corrected chi connectivity index (χ2v) is 8.87. The lowest BCUT2D eigenvalue weighted by molar-refractivity contribution is -0.0556. The number of hydrogen-bond acceptors (Lipinski definition) is 6. The van der Waals surface area contributed by atoms with Gasteiger partial charge in [-0.2, -0.15) is 8.78 Å². The molecule has 3 aromatic rings. The summed E-state index contributed by atoms with van der Waals surface area (Å²) < 4.78 is 40.0. The molecule has 1 atom stereocenters. The van der Waals surface area contributed by atoms with Crippen LogP contribution in [0.4, 0.5) is 14.6 Å². The Bertz CT molecular complexity index is 1180. The van der Waals surface area contributed by atoms with Crippen LogP contribution >= 0.6 is 0 Å². The van der Waals surface area contributed by atoms with Gasteiger partial charge in [-0.3, -0.25) is 0 Å². The fraction of sp³-hybridized carbons (Fsp3) is 0.417. The Morgan fingerprint density at radius 1 is 1.12 bits per heavy atom. The third-order valence-electron chi connectivity index (χ3n) is 6.26. The maximum Gasteiger partial charge on any atom is 0.295 e. The van der Waals surface area contributed by atoms with Crippen LogP contribution in [0.1, 0.15) is 42.8 Å². The fourth-order valence-electron chi connectivity index (χ4n) is 3.97. The summed E-state index contributed by atoms with van der Waals surface area (Å²) in [7, 11) is 0. The van der Waals surface area contributed by atoms with Crippen molar-refractivity contribution in [3.63, 3.8) is 0 Å². The third-order valence-corrected chi connectivity index (χ3v) is 6.26. The van der Waals surface area contributed by atoms with Crippen LogP contribution in [-0.2, 0) is 5.92 Å². The summed E-state index contributed by atoms with van der Waals surface area (Å²) in [5.41, 5.74) is 1.29. The first-order valence-electron chi connectivity index (χ1n) is 10.7. The first kappa shape index (κ1) is 20.9. The van der Waals surface area contributed by atoms with E-state index in [0.717, 1.165) is 23.7 Å². The van der Waals surface area contributed by atoms with Gasteiger partial charge in [0.2, 0.25) is 0 Å². The van der Waals surface area contributed by atoms with Gasteiger partial charge < -0.3 is 19.9 Å². The number of anilines is 1. The van der Waals surface area contributed by atoms with E-state index in [0.29, 0.717) is 41.9 Å². The molecule has 1 aliphatic carbocycles. The molecule has 8 heteroatoms. The Balaban J connectivity index is 1.48. The summed E-state index contributed by atoms with van der Waals surface area (Å²) in [6.07, 6.45) is 2.22. The molecule has 1 fully saturated rings. The van der Waals surface area contributed by atoms with Crippen molar-refractivity contribution in [2.24, 2.45) is 5.41 Å². The van der Waals surface area contributed by atoms with E-state index in [4.69, 9.17) is 14.6 Å². The predicted octanol–water partition coefficient (Wildman–Crippen LogP) is 4.75. The van der Waals surface area contributed by atoms with Gasteiger partial charge in [0.1, 0.15) is 18.2 Å².